The summed E-state index contributed by atoms with van der Waals surface area (Å²) in [5.74, 6) is 0.401. The Labute approximate surface area is 160 Å². The van der Waals surface area contributed by atoms with Crippen LogP contribution < -0.4 is 5.32 Å². The first-order valence-electron chi connectivity index (χ1n) is 8.69. The SMILES string of the molecule is CC(C)c1cnn2c(NC(C)c3cccc4nonc34)nc(S(C)(=O)=O)nc12. The van der Waals surface area contributed by atoms with Crippen LogP contribution in [0.1, 0.15) is 43.9 Å². The average Bonchev–Trinajstić information content (AvgIpc) is 3.27. The highest BCUT2D eigenvalue weighted by Crippen LogP contribution is 2.26. The molecule has 4 rings (SSSR count). The van der Waals surface area contributed by atoms with Gasteiger partial charge in [-0.2, -0.15) is 19.6 Å². The fourth-order valence-corrected chi connectivity index (χ4v) is 3.49. The summed E-state index contributed by atoms with van der Waals surface area (Å²) >= 11 is 0. The van der Waals surface area contributed by atoms with Gasteiger partial charge in [0.15, 0.2) is 5.65 Å². The number of nitrogens with zero attached hydrogens (tertiary/aromatic N) is 6. The van der Waals surface area contributed by atoms with Gasteiger partial charge in [0, 0.05) is 17.4 Å². The molecule has 1 atom stereocenters. The van der Waals surface area contributed by atoms with Crippen LogP contribution in [-0.4, -0.2) is 44.6 Å². The molecule has 3 aromatic heterocycles. The topological polar surface area (TPSA) is 128 Å². The highest BCUT2D eigenvalue weighted by molar-refractivity contribution is 7.90. The summed E-state index contributed by atoms with van der Waals surface area (Å²) in [6.07, 6.45) is 2.76. The summed E-state index contributed by atoms with van der Waals surface area (Å²) < 4.78 is 30.6. The Morgan fingerprint density at radius 3 is 2.61 bits per heavy atom. The molecule has 10 nitrogen and oxygen atoms in total. The molecule has 0 radical (unpaired) electrons. The predicted octanol–water partition coefficient (Wildman–Crippen LogP) is 2.36. The van der Waals surface area contributed by atoms with Crippen LogP contribution >= 0.6 is 0 Å². The standard InChI is InChI=1S/C17H19N7O3S/c1-9(2)12-8-18-24-15(12)20-17(28(4,25)26)21-16(24)19-10(3)11-6-5-7-13-14(11)23-27-22-13/h5-10H,1-4H3,(H,19,20,21). The largest absolute Gasteiger partial charge is 0.347 e. The molecule has 0 amide bonds. The number of hydrogen-bond donors (Lipinski definition) is 1. The molecule has 0 spiro atoms. The molecule has 11 heteroatoms. The number of rotatable bonds is 5. The first kappa shape index (κ1) is 18.3. The molecular weight excluding hydrogens is 382 g/mol. The molecule has 0 bridgehead atoms. The van der Waals surface area contributed by atoms with E-state index in [1.165, 1.54) is 4.52 Å². The zero-order valence-corrected chi connectivity index (χ0v) is 16.6. The number of anilines is 1. The van der Waals surface area contributed by atoms with E-state index in [2.05, 4.69) is 30.7 Å². The van der Waals surface area contributed by atoms with E-state index in [-0.39, 0.29) is 23.1 Å². The molecule has 0 aliphatic carbocycles. The summed E-state index contributed by atoms with van der Waals surface area (Å²) in [6, 6.07) is 5.27. The lowest BCUT2D eigenvalue weighted by molar-refractivity contribution is 0.315. The van der Waals surface area contributed by atoms with Crippen LogP contribution in [0.4, 0.5) is 5.95 Å². The summed E-state index contributed by atoms with van der Waals surface area (Å²) in [7, 11) is -3.60. The smallest absolute Gasteiger partial charge is 0.252 e. The first-order valence-corrected chi connectivity index (χ1v) is 10.6. The minimum absolute atomic E-state index is 0.125. The van der Waals surface area contributed by atoms with Gasteiger partial charge in [0.25, 0.3) is 5.16 Å². The molecule has 0 aliphatic rings. The van der Waals surface area contributed by atoms with Gasteiger partial charge in [-0.1, -0.05) is 26.0 Å². The van der Waals surface area contributed by atoms with Crippen molar-refractivity contribution in [2.75, 3.05) is 11.6 Å². The summed E-state index contributed by atoms with van der Waals surface area (Å²) in [5, 5.41) is 15.1. The van der Waals surface area contributed by atoms with Gasteiger partial charge in [-0.3, -0.25) is 0 Å². The van der Waals surface area contributed by atoms with E-state index < -0.39 is 9.84 Å². The third kappa shape index (κ3) is 3.07. The third-order valence-electron chi connectivity index (χ3n) is 4.46. The maximum Gasteiger partial charge on any atom is 0.252 e. The minimum atomic E-state index is -3.60. The van der Waals surface area contributed by atoms with Gasteiger partial charge >= 0.3 is 0 Å². The highest BCUT2D eigenvalue weighted by atomic mass is 32.2. The monoisotopic (exact) mass is 401 g/mol. The maximum atomic E-state index is 12.1. The molecule has 28 heavy (non-hydrogen) atoms. The lowest BCUT2D eigenvalue weighted by atomic mass is 10.1. The molecule has 4 aromatic rings. The zero-order chi connectivity index (χ0) is 20.1. The zero-order valence-electron chi connectivity index (χ0n) is 15.8. The number of fused-ring (bicyclic) bond motifs is 2. The number of hydrogen-bond acceptors (Lipinski definition) is 9. The molecule has 0 saturated heterocycles. The second-order valence-electron chi connectivity index (χ2n) is 6.94. The molecule has 1 aromatic carbocycles. The number of aromatic nitrogens is 6. The van der Waals surface area contributed by atoms with Gasteiger partial charge in [0.05, 0.1) is 12.2 Å². The van der Waals surface area contributed by atoms with E-state index in [0.29, 0.717) is 16.7 Å². The van der Waals surface area contributed by atoms with Gasteiger partial charge < -0.3 is 5.32 Å². The molecule has 3 heterocycles. The molecular formula is C17H19N7O3S. The summed E-state index contributed by atoms with van der Waals surface area (Å²) in [6.45, 7) is 5.89. The maximum absolute atomic E-state index is 12.1. The third-order valence-corrected chi connectivity index (χ3v) is 5.30. The minimum Gasteiger partial charge on any atom is -0.347 e. The Hall–Kier alpha value is -3.08. The normalized spacial score (nSPS) is 13.5. The summed E-state index contributed by atoms with van der Waals surface area (Å²) in [4.78, 5) is 8.44. The molecule has 0 saturated carbocycles. The van der Waals surface area contributed by atoms with Gasteiger partial charge in [-0.25, -0.2) is 13.0 Å². The van der Waals surface area contributed by atoms with Gasteiger partial charge in [0.1, 0.15) is 11.0 Å². The second kappa shape index (κ2) is 6.51. The van der Waals surface area contributed by atoms with Crippen molar-refractivity contribution < 1.29 is 13.0 Å². The van der Waals surface area contributed by atoms with Gasteiger partial charge in [0.2, 0.25) is 15.8 Å². The van der Waals surface area contributed by atoms with E-state index >= 15 is 0 Å². The molecule has 0 aliphatic heterocycles. The van der Waals surface area contributed by atoms with Crippen LogP contribution in [0.5, 0.6) is 0 Å². The van der Waals surface area contributed by atoms with Gasteiger partial charge in [-0.15, -0.1) is 0 Å². The van der Waals surface area contributed by atoms with Crippen molar-refractivity contribution in [2.24, 2.45) is 0 Å². The number of benzene rings is 1. The van der Waals surface area contributed by atoms with E-state index in [1.807, 2.05) is 32.9 Å². The predicted molar refractivity (Wildman–Crippen MR) is 102 cm³/mol. The fraction of sp³-hybridized carbons (Fsp3) is 0.353. The average molecular weight is 401 g/mol. The van der Waals surface area contributed by atoms with E-state index in [4.69, 9.17) is 4.63 Å². The van der Waals surface area contributed by atoms with Crippen molar-refractivity contribution in [3.05, 3.63) is 35.5 Å². The van der Waals surface area contributed by atoms with E-state index in [0.717, 1.165) is 17.4 Å². The van der Waals surface area contributed by atoms with Crippen molar-refractivity contribution in [2.45, 2.75) is 37.9 Å². The number of sulfone groups is 1. The Bertz CT molecular complexity index is 1280. The van der Waals surface area contributed by atoms with Crippen LogP contribution in [0.25, 0.3) is 16.7 Å². The second-order valence-corrected chi connectivity index (χ2v) is 8.85. The van der Waals surface area contributed by atoms with Crippen molar-refractivity contribution in [1.29, 1.82) is 0 Å². The summed E-state index contributed by atoms with van der Waals surface area (Å²) in [5.41, 5.74) is 3.39. The Kier molecular flexibility index (Phi) is 4.26. The molecule has 1 unspecified atom stereocenters. The lowest BCUT2D eigenvalue weighted by Gasteiger charge is -2.16. The molecule has 146 valence electrons. The van der Waals surface area contributed by atoms with Crippen molar-refractivity contribution >= 4 is 32.5 Å². The van der Waals surface area contributed by atoms with Gasteiger partial charge in [-0.05, 0) is 29.2 Å². The lowest BCUT2D eigenvalue weighted by Crippen LogP contribution is -2.16. The number of nitrogens with one attached hydrogen (secondary N) is 1. The molecule has 0 fully saturated rings. The first-order chi connectivity index (χ1) is 13.3. The Balaban J connectivity index is 1.84. The highest BCUT2D eigenvalue weighted by Gasteiger charge is 2.22. The van der Waals surface area contributed by atoms with Crippen LogP contribution in [0.3, 0.4) is 0 Å². The molecule has 1 N–H and O–H groups in total. The van der Waals surface area contributed by atoms with Crippen LogP contribution in [0.15, 0.2) is 34.2 Å². The van der Waals surface area contributed by atoms with Crippen molar-refractivity contribution in [3.8, 4) is 0 Å². The van der Waals surface area contributed by atoms with E-state index in [9.17, 15) is 8.42 Å². The van der Waals surface area contributed by atoms with Crippen LogP contribution in [-0.2, 0) is 9.84 Å². The Morgan fingerprint density at radius 2 is 1.89 bits per heavy atom. The van der Waals surface area contributed by atoms with E-state index in [1.54, 1.807) is 12.3 Å². The van der Waals surface area contributed by atoms with Crippen LogP contribution in [0.2, 0.25) is 0 Å². The fourth-order valence-electron chi connectivity index (χ4n) is 2.99. The quantitative estimate of drug-likeness (QED) is 0.536. The van der Waals surface area contributed by atoms with Crippen molar-refractivity contribution in [1.82, 2.24) is 29.9 Å². The van der Waals surface area contributed by atoms with Crippen molar-refractivity contribution in [3.63, 3.8) is 0 Å². The van der Waals surface area contributed by atoms with Crippen LogP contribution in [0, 0.1) is 0 Å². The Morgan fingerprint density at radius 1 is 1.11 bits per heavy atom.